The Morgan fingerprint density at radius 2 is 2.30 bits per heavy atom. The van der Waals surface area contributed by atoms with Gasteiger partial charge in [-0.05, 0) is 36.2 Å². The van der Waals surface area contributed by atoms with Gasteiger partial charge in [0.05, 0.1) is 6.20 Å². The molecule has 1 saturated heterocycles. The molecule has 0 spiro atoms. The van der Waals surface area contributed by atoms with Gasteiger partial charge in [-0.3, -0.25) is 9.88 Å². The third kappa shape index (κ3) is 3.24. The van der Waals surface area contributed by atoms with Crippen molar-refractivity contribution < 1.29 is 4.74 Å². The lowest BCUT2D eigenvalue weighted by Gasteiger charge is -2.17. The summed E-state index contributed by atoms with van der Waals surface area (Å²) in [5.41, 5.74) is 6.90. The molecule has 1 unspecified atom stereocenters. The summed E-state index contributed by atoms with van der Waals surface area (Å²) in [4.78, 5) is 10.4. The van der Waals surface area contributed by atoms with Crippen LogP contribution >= 0.6 is 0 Å². The molecule has 104 valence electrons. The van der Waals surface area contributed by atoms with Gasteiger partial charge >= 0.3 is 0 Å². The van der Waals surface area contributed by atoms with Crippen molar-refractivity contribution in [1.29, 1.82) is 0 Å². The van der Waals surface area contributed by atoms with Crippen LogP contribution in [0.3, 0.4) is 0 Å². The van der Waals surface area contributed by atoms with Gasteiger partial charge in [-0.25, -0.2) is 4.98 Å². The largest absolute Gasteiger partial charge is 0.487 e. The number of nitrogens with two attached hydrogens (primary N) is 1. The highest BCUT2D eigenvalue weighted by atomic mass is 16.5. The van der Waals surface area contributed by atoms with E-state index in [0.29, 0.717) is 5.82 Å². The van der Waals surface area contributed by atoms with Crippen LogP contribution in [0.2, 0.25) is 0 Å². The van der Waals surface area contributed by atoms with E-state index >= 15 is 0 Å². The second-order valence-electron chi connectivity index (χ2n) is 5.04. The van der Waals surface area contributed by atoms with E-state index in [-0.39, 0.29) is 6.10 Å². The molecule has 1 aliphatic rings. The summed E-state index contributed by atoms with van der Waals surface area (Å²) in [5, 5.41) is 0. The standard InChI is InChI=1S/C15H18N4O/c16-15-8-12(3-6-18-15)10-19-7-4-14(11-19)20-13-2-1-5-17-9-13/h1-3,5-6,8-9,14H,4,7,10-11H2,(H2,16,18). The minimum absolute atomic E-state index is 0.235. The van der Waals surface area contributed by atoms with Gasteiger partial charge in [0.1, 0.15) is 17.7 Å². The molecule has 1 atom stereocenters. The molecule has 5 nitrogen and oxygen atoms in total. The molecule has 2 aromatic rings. The van der Waals surface area contributed by atoms with E-state index in [1.54, 1.807) is 18.6 Å². The number of anilines is 1. The van der Waals surface area contributed by atoms with Crippen LogP contribution in [0.5, 0.6) is 5.75 Å². The highest BCUT2D eigenvalue weighted by Gasteiger charge is 2.23. The number of rotatable bonds is 4. The molecule has 20 heavy (non-hydrogen) atoms. The maximum absolute atomic E-state index is 5.93. The van der Waals surface area contributed by atoms with Crippen LogP contribution in [0.1, 0.15) is 12.0 Å². The van der Waals surface area contributed by atoms with E-state index in [9.17, 15) is 0 Å². The summed E-state index contributed by atoms with van der Waals surface area (Å²) in [6, 6.07) is 7.77. The van der Waals surface area contributed by atoms with E-state index in [1.165, 1.54) is 5.56 Å². The fraction of sp³-hybridized carbons (Fsp3) is 0.333. The number of pyridine rings is 2. The summed E-state index contributed by atoms with van der Waals surface area (Å²) < 4.78 is 5.93. The number of nitrogens with zero attached hydrogens (tertiary/aromatic N) is 3. The van der Waals surface area contributed by atoms with Gasteiger partial charge in [0, 0.05) is 32.0 Å². The number of hydrogen-bond acceptors (Lipinski definition) is 5. The SMILES string of the molecule is Nc1cc(CN2CCC(Oc3cccnc3)C2)ccn1. The molecule has 0 radical (unpaired) electrons. The van der Waals surface area contributed by atoms with Crippen molar-refractivity contribution >= 4 is 5.82 Å². The lowest BCUT2D eigenvalue weighted by molar-refractivity contribution is 0.197. The first-order valence-corrected chi connectivity index (χ1v) is 6.79. The van der Waals surface area contributed by atoms with Crippen molar-refractivity contribution in [3.05, 3.63) is 48.4 Å². The van der Waals surface area contributed by atoms with E-state index in [2.05, 4.69) is 14.9 Å². The molecule has 3 rings (SSSR count). The summed E-state index contributed by atoms with van der Waals surface area (Å²) >= 11 is 0. The fourth-order valence-electron chi connectivity index (χ4n) is 2.50. The molecule has 1 aliphatic heterocycles. The molecular weight excluding hydrogens is 252 g/mol. The van der Waals surface area contributed by atoms with Gasteiger partial charge in [0.25, 0.3) is 0 Å². The molecule has 0 bridgehead atoms. The van der Waals surface area contributed by atoms with E-state index in [4.69, 9.17) is 10.5 Å². The predicted octanol–water partition coefficient (Wildman–Crippen LogP) is 1.71. The van der Waals surface area contributed by atoms with Crippen LogP contribution in [0.25, 0.3) is 0 Å². The monoisotopic (exact) mass is 270 g/mol. The van der Waals surface area contributed by atoms with Crippen molar-refractivity contribution in [2.24, 2.45) is 0 Å². The number of nitrogen functional groups attached to an aromatic ring is 1. The molecule has 3 heterocycles. The number of aromatic nitrogens is 2. The van der Waals surface area contributed by atoms with E-state index in [1.807, 2.05) is 24.3 Å². The third-order valence-corrected chi connectivity index (χ3v) is 3.42. The topological polar surface area (TPSA) is 64.3 Å². The van der Waals surface area contributed by atoms with Gasteiger partial charge in [0.2, 0.25) is 0 Å². The molecule has 2 N–H and O–H groups in total. The summed E-state index contributed by atoms with van der Waals surface area (Å²) in [5.74, 6) is 1.41. The lowest BCUT2D eigenvalue weighted by Crippen LogP contribution is -2.24. The summed E-state index contributed by atoms with van der Waals surface area (Å²) in [6.07, 6.45) is 6.53. The number of hydrogen-bond donors (Lipinski definition) is 1. The van der Waals surface area contributed by atoms with Crippen LogP contribution in [0.4, 0.5) is 5.82 Å². The molecule has 0 aliphatic carbocycles. The van der Waals surface area contributed by atoms with Gasteiger partial charge in [-0.15, -0.1) is 0 Å². The average molecular weight is 270 g/mol. The highest BCUT2D eigenvalue weighted by Crippen LogP contribution is 2.19. The van der Waals surface area contributed by atoms with E-state index in [0.717, 1.165) is 31.8 Å². The molecule has 0 aromatic carbocycles. The summed E-state index contributed by atoms with van der Waals surface area (Å²) in [7, 11) is 0. The smallest absolute Gasteiger partial charge is 0.138 e. The van der Waals surface area contributed by atoms with Crippen molar-refractivity contribution in [3.63, 3.8) is 0 Å². The Morgan fingerprint density at radius 3 is 3.10 bits per heavy atom. The zero-order chi connectivity index (χ0) is 13.8. The van der Waals surface area contributed by atoms with Gasteiger partial charge in [-0.2, -0.15) is 0 Å². The second kappa shape index (κ2) is 5.88. The quantitative estimate of drug-likeness (QED) is 0.916. The lowest BCUT2D eigenvalue weighted by atomic mass is 10.2. The van der Waals surface area contributed by atoms with Crippen LogP contribution in [-0.2, 0) is 6.54 Å². The Labute approximate surface area is 118 Å². The zero-order valence-corrected chi connectivity index (χ0v) is 11.3. The van der Waals surface area contributed by atoms with Crippen LogP contribution in [-0.4, -0.2) is 34.1 Å². The van der Waals surface area contributed by atoms with Gasteiger partial charge in [0.15, 0.2) is 0 Å². The number of likely N-dealkylation sites (tertiary alicyclic amines) is 1. The molecule has 1 fully saturated rings. The zero-order valence-electron chi connectivity index (χ0n) is 11.3. The third-order valence-electron chi connectivity index (χ3n) is 3.42. The van der Waals surface area contributed by atoms with Gasteiger partial charge < -0.3 is 10.5 Å². The van der Waals surface area contributed by atoms with Crippen molar-refractivity contribution in [1.82, 2.24) is 14.9 Å². The summed E-state index contributed by atoms with van der Waals surface area (Å²) in [6.45, 7) is 2.85. The Bertz CT molecular complexity index is 561. The first kappa shape index (κ1) is 12.9. The predicted molar refractivity (Wildman–Crippen MR) is 77.2 cm³/mol. The highest BCUT2D eigenvalue weighted by molar-refractivity contribution is 5.31. The molecular formula is C15H18N4O. The second-order valence-corrected chi connectivity index (χ2v) is 5.04. The molecule has 5 heteroatoms. The van der Waals surface area contributed by atoms with Gasteiger partial charge in [-0.1, -0.05) is 0 Å². The molecule has 0 saturated carbocycles. The fourth-order valence-corrected chi connectivity index (χ4v) is 2.50. The molecule has 2 aromatic heterocycles. The molecule has 0 amide bonds. The first-order valence-electron chi connectivity index (χ1n) is 6.79. The first-order chi connectivity index (χ1) is 9.79. The number of ether oxygens (including phenoxy) is 1. The Kier molecular flexibility index (Phi) is 3.78. The van der Waals surface area contributed by atoms with Crippen LogP contribution in [0.15, 0.2) is 42.9 Å². The minimum atomic E-state index is 0.235. The van der Waals surface area contributed by atoms with Crippen LogP contribution < -0.4 is 10.5 Å². The van der Waals surface area contributed by atoms with Crippen molar-refractivity contribution in [2.45, 2.75) is 19.1 Å². The normalized spacial score (nSPS) is 19.1. The minimum Gasteiger partial charge on any atom is -0.487 e. The average Bonchev–Trinajstić information content (AvgIpc) is 2.87. The van der Waals surface area contributed by atoms with Crippen molar-refractivity contribution in [2.75, 3.05) is 18.8 Å². The maximum Gasteiger partial charge on any atom is 0.138 e. The van der Waals surface area contributed by atoms with Crippen molar-refractivity contribution in [3.8, 4) is 5.75 Å². The maximum atomic E-state index is 5.93. The van der Waals surface area contributed by atoms with Crippen LogP contribution in [0, 0.1) is 0 Å². The Hall–Kier alpha value is -2.14. The Morgan fingerprint density at radius 1 is 1.35 bits per heavy atom. The Balaban J connectivity index is 1.54. The van der Waals surface area contributed by atoms with E-state index < -0.39 is 0 Å².